The molecule has 4 bridgehead atoms. The number of amides is 4. The van der Waals surface area contributed by atoms with Crippen LogP contribution in [0.3, 0.4) is 0 Å². The number of benzene rings is 2. The van der Waals surface area contributed by atoms with Crippen molar-refractivity contribution in [2.45, 2.75) is 88.5 Å². The Morgan fingerprint density at radius 2 is 1.83 bits per heavy atom. The lowest BCUT2D eigenvalue weighted by Crippen LogP contribution is -2.60. The Balaban J connectivity index is 1.29. The number of hydrogen-bond acceptors (Lipinski definition) is 9. The van der Waals surface area contributed by atoms with Crippen LogP contribution in [-0.4, -0.2) is 85.9 Å². The van der Waals surface area contributed by atoms with Gasteiger partial charge in [-0.1, -0.05) is 75.4 Å². The predicted octanol–water partition coefficient (Wildman–Crippen LogP) is 3.99. The molecule has 4 amide bonds. The number of cyclic esters (lactones) is 1. The number of nitrogens with zero attached hydrogens (tertiary/aromatic N) is 1. The van der Waals surface area contributed by atoms with Crippen LogP contribution in [0.15, 0.2) is 73.3 Å². The van der Waals surface area contributed by atoms with Gasteiger partial charge in [0.25, 0.3) is 5.91 Å². The highest BCUT2D eigenvalue weighted by Crippen LogP contribution is 2.45. The van der Waals surface area contributed by atoms with Crippen molar-refractivity contribution in [1.82, 2.24) is 20.3 Å². The molecular weight excluding hydrogens is 701 g/mol. The van der Waals surface area contributed by atoms with Gasteiger partial charge >= 0.3 is 6.09 Å². The quantitative estimate of drug-likeness (QED) is 0.370. The Kier molecular flexibility index (Phi) is 11.0. The summed E-state index contributed by atoms with van der Waals surface area (Å²) in [7, 11) is -3.89. The van der Waals surface area contributed by atoms with E-state index in [0.29, 0.717) is 31.6 Å². The van der Waals surface area contributed by atoms with E-state index in [9.17, 15) is 27.6 Å². The first-order valence-corrected chi connectivity index (χ1v) is 19.6. The molecule has 2 aromatic rings. The average Bonchev–Trinajstić information content (AvgIpc) is 4.05. The molecule has 53 heavy (non-hydrogen) atoms. The molecule has 2 aromatic carbocycles. The van der Waals surface area contributed by atoms with Gasteiger partial charge in [-0.05, 0) is 59.9 Å². The zero-order valence-electron chi connectivity index (χ0n) is 30.3. The minimum Gasteiger partial charge on any atom is -0.493 e. The molecule has 3 N–H and O–H groups in total. The van der Waals surface area contributed by atoms with Crippen molar-refractivity contribution < 1.29 is 41.8 Å². The summed E-state index contributed by atoms with van der Waals surface area (Å²) in [5.74, 6) is -1.80. The minimum absolute atomic E-state index is 0.0224. The first kappa shape index (κ1) is 38.0. The standard InChI is InChI=1S/C39H48N4O9S/c1-5-27-22-39(27,36(46)42-53(48,49)30-16-17-30)41-34(44)32-21-29-23-43(32)35(45)33(38(2,3)4)40-37(47)51-19-10-6-9-18-50-28-14-11-13-25(20-28)31-15-8-7-12-26(31)24-52-29/h5-8,10-15,20,27,29-30,32-33H,1,9,16-19,21-24H2,2-4H3,(H,40,47)(H,41,44)(H,42,46)/b10-6-/t27-,29?,32+,33-,39?/m1/s1. The Morgan fingerprint density at radius 3 is 2.55 bits per heavy atom. The molecule has 6 rings (SSSR count). The summed E-state index contributed by atoms with van der Waals surface area (Å²) in [6.07, 6.45) is 5.41. The topological polar surface area (TPSA) is 169 Å². The molecule has 4 aliphatic rings. The van der Waals surface area contributed by atoms with Crippen LogP contribution in [-0.2, 0) is 40.5 Å². The van der Waals surface area contributed by atoms with Crippen LogP contribution >= 0.6 is 0 Å². The van der Waals surface area contributed by atoms with Gasteiger partial charge in [-0.3, -0.25) is 19.1 Å². The second-order valence-electron chi connectivity index (χ2n) is 15.2. The lowest BCUT2D eigenvalue weighted by Gasteiger charge is -2.35. The summed E-state index contributed by atoms with van der Waals surface area (Å²) in [6.45, 7) is 9.74. The van der Waals surface area contributed by atoms with Gasteiger partial charge < -0.3 is 29.7 Å². The molecule has 0 radical (unpaired) electrons. The molecule has 2 aliphatic carbocycles. The molecule has 2 aliphatic heterocycles. The van der Waals surface area contributed by atoms with E-state index in [1.165, 1.54) is 11.0 Å². The van der Waals surface area contributed by atoms with Gasteiger partial charge in [-0.25, -0.2) is 13.2 Å². The van der Waals surface area contributed by atoms with E-state index in [1.54, 1.807) is 26.8 Å². The van der Waals surface area contributed by atoms with Crippen LogP contribution in [0.4, 0.5) is 4.79 Å². The van der Waals surface area contributed by atoms with Crippen molar-refractivity contribution in [3.63, 3.8) is 0 Å². The van der Waals surface area contributed by atoms with Gasteiger partial charge in [0.1, 0.15) is 30.0 Å². The Labute approximate surface area is 310 Å². The van der Waals surface area contributed by atoms with E-state index in [0.717, 1.165) is 16.7 Å². The van der Waals surface area contributed by atoms with Crippen molar-refractivity contribution in [2.24, 2.45) is 11.3 Å². The maximum absolute atomic E-state index is 14.4. The van der Waals surface area contributed by atoms with E-state index < -0.39 is 74.1 Å². The van der Waals surface area contributed by atoms with Crippen molar-refractivity contribution in [3.05, 3.63) is 78.9 Å². The third kappa shape index (κ3) is 8.76. The van der Waals surface area contributed by atoms with E-state index in [1.807, 2.05) is 54.6 Å². The zero-order valence-corrected chi connectivity index (χ0v) is 31.2. The molecule has 2 saturated carbocycles. The Morgan fingerprint density at radius 1 is 1.06 bits per heavy atom. The molecule has 1 saturated heterocycles. The van der Waals surface area contributed by atoms with Crippen LogP contribution in [0.2, 0.25) is 0 Å². The van der Waals surface area contributed by atoms with Gasteiger partial charge in [0.05, 0.1) is 24.6 Å². The van der Waals surface area contributed by atoms with Crippen LogP contribution in [0.5, 0.6) is 5.75 Å². The van der Waals surface area contributed by atoms with Gasteiger partial charge in [0.2, 0.25) is 21.8 Å². The highest BCUT2D eigenvalue weighted by atomic mass is 32.2. The summed E-state index contributed by atoms with van der Waals surface area (Å²) in [4.78, 5) is 56.5. The number of sulfonamides is 1. The summed E-state index contributed by atoms with van der Waals surface area (Å²) >= 11 is 0. The number of carbonyl (C=O) groups is 4. The maximum atomic E-state index is 14.4. The maximum Gasteiger partial charge on any atom is 0.408 e. The molecule has 284 valence electrons. The van der Waals surface area contributed by atoms with Crippen LogP contribution < -0.4 is 20.1 Å². The lowest BCUT2D eigenvalue weighted by molar-refractivity contribution is -0.143. The normalized spacial score (nSPS) is 27.4. The van der Waals surface area contributed by atoms with Gasteiger partial charge in [0.15, 0.2) is 0 Å². The predicted molar refractivity (Wildman–Crippen MR) is 197 cm³/mol. The largest absolute Gasteiger partial charge is 0.493 e. The monoisotopic (exact) mass is 748 g/mol. The third-order valence-electron chi connectivity index (χ3n) is 10.1. The molecular formula is C39H48N4O9S. The van der Waals surface area contributed by atoms with Gasteiger partial charge in [-0.15, -0.1) is 6.58 Å². The van der Waals surface area contributed by atoms with Crippen LogP contribution in [0, 0.1) is 11.3 Å². The van der Waals surface area contributed by atoms with Crippen molar-refractivity contribution in [2.75, 3.05) is 19.8 Å². The van der Waals surface area contributed by atoms with Gasteiger partial charge in [-0.2, -0.15) is 0 Å². The smallest absolute Gasteiger partial charge is 0.408 e. The number of hydrogen-bond donors (Lipinski definition) is 3. The fraction of sp³-hybridized carbons (Fsp3) is 0.487. The van der Waals surface area contributed by atoms with Crippen LogP contribution in [0.1, 0.15) is 58.4 Å². The SMILES string of the molecule is C=C[C@@H]1CC1(NC(=O)[C@@H]1CC2CN1C(=O)[C@H](C(C)(C)C)NC(=O)OC/C=C\CCOc1cccc(c1)-c1ccccc1CO2)C(=O)NS(=O)(=O)C1CC1. The lowest BCUT2D eigenvalue weighted by atomic mass is 9.85. The van der Waals surface area contributed by atoms with Crippen molar-refractivity contribution in [3.8, 4) is 16.9 Å². The fourth-order valence-electron chi connectivity index (χ4n) is 6.85. The van der Waals surface area contributed by atoms with E-state index >= 15 is 0 Å². The summed E-state index contributed by atoms with van der Waals surface area (Å²) in [5, 5.41) is 4.88. The molecule has 5 atom stereocenters. The van der Waals surface area contributed by atoms with Crippen molar-refractivity contribution in [1.29, 1.82) is 0 Å². The summed E-state index contributed by atoms with van der Waals surface area (Å²) in [6, 6.07) is 13.4. The molecule has 0 spiro atoms. The first-order chi connectivity index (χ1) is 25.2. The van der Waals surface area contributed by atoms with E-state index in [-0.39, 0.29) is 32.6 Å². The highest BCUT2D eigenvalue weighted by molar-refractivity contribution is 7.91. The number of fused-ring (bicyclic) bond motifs is 6. The number of alkyl carbamates (subject to hydrolysis) is 1. The Hall–Kier alpha value is -4.69. The highest BCUT2D eigenvalue weighted by Gasteiger charge is 2.62. The number of rotatable bonds is 6. The summed E-state index contributed by atoms with van der Waals surface area (Å²) < 4.78 is 45.3. The molecule has 3 fully saturated rings. The van der Waals surface area contributed by atoms with Crippen molar-refractivity contribution >= 4 is 33.8 Å². The van der Waals surface area contributed by atoms with Gasteiger partial charge in [0, 0.05) is 18.9 Å². The number of nitrogens with one attached hydrogen (secondary N) is 3. The summed E-state index contributed by atoms with van der Waals surface area (Å²) in [5.41, 5.74) is 0.430. The van der Waals surface area contributed by atoms with E-state index in [2.05, 4.69) is 21.9 Å². The fourth-order valence-corrected chi connectivity index (χ4v) is 8.21. The Bertz CT molecular complexity index is 1890. The second kappa shape index (κ2) is 15.3. The third-order valence-corrected chi connectivity index (χ3v) is 12.0. The zero-order chi connectivity index (χ0) is 38.0. The van der Waals surface area contributed by atoms with E-state index in [4.69, 9.17) is 14.2 Å². The molecule has 14 heteroatoms. The molecule has 0 aromatic heterocycles. The van der Waals surface area contributed by atoms with Crippen LogP contribution in [0.25, 0.3) is 11.1 Å². The average molecular weight is 749 g/mol. The first-order valence-electron chi connectivity index (χ1n) is 18.0. The second-order valence-corrected chi connectivity index (χ2v) is 17.2. The number of ether oxygens (including phenoxy) is 3. The molecule has 2 unspecified atom stereocenters. The molecule has 2 heterocycles. The minimum atomic E-state index is -3.89. The molecule has 13 nitrogen and oxygen atoms in total. The number of carbonyl (C=O) groups excluding carboxylic acids is 4.